The van der Waals surface area contributed by atoms with Crippen molar-refractivity contribution < 1.29 is 22.8 Å². The third-order valence-corrected chi connectivity index (χ3v) is 7.13. The summed E-state index contributed by atoms with van der Waals surface area (Å²) in [5.41, 5.74) is 1.20. The van der Waals surface area contributed by atoms with Gasteiger partial charge in [-0.15, -0.1) is 11.8 Å². The number of carbonyl (C=O) groups is 2. The summed E-state index contributed by atoms with van der Waals surface area (Å²) in [6.07, 6.45) is -1.43. The smallest absolute Gasteiger partial charge is 0.367 e. The number of hydrogen-bond acceptors (Lipinski definition) is 4. The molecule has 0 aromatic heterocycles. The fraction of sp³-hybridized carbons (Fsp3) is 0.481. The summed E-state index contributed by atoms with van der Waals surface area (Å²) in [6.45, 7) is 11.5. The Morgan fingerprint density at radius 2 is 1.64 bits per heavy atom. The number of benzene rings is 2. The Morgan fingerprint density at radius 1 is 1.08 bits per heavy atom. The molecule has 0 bridgehead atoms. The molecule has 0 radical (unpaired) electrons. The van der Waals surface area contributed by atoms with E-state index in [2.05, 4.69) is 30.9 Å². The van der Waals surface area contributed by atoms with E-state index in [0.29, 0.717) is 0 Å². The van der Waals surface area contributed by atoms with Crippen molar-refractivity contribution in [3.05, 3.63) is 65.7 Å². The molecule has 1 saturated heterocycles. The zero-order chi connectivity index (χ0) is 27.1. The molecule has 9 heteroatoms. The molecule has 198 valence electrons. The lowest BCUT2D eigenvalue weighted by Crippen LogP contribution is -2.72. The Kier molecular flexibility index (Phi) is 10.3. The first-order valence-corrected chi connectivity index (χ1v) is 13.1. The molecule has 0 aliphatic carbocycles. The van der Waals surface area contributed by atoms with Gasteiger partial charge in [-0.1, -0.05) is 35.9 Å². The minimum atomic E-state index is -4.21. The average molecular weight is 524 g/mol. The van der Waals surface area contributed by atoms with E-state index in [1.807, 2.05) is 43.2 Å². The van der Waals surface area contributed by atoms with Crippen LogP contribution in [0.25, 0.3) is 0 Å². The SMILES string of the molecule is CSC(C)N(C(=O)CN(C=O)C(C)C)C1(C)CN(c2ccccc2)C1.Cc1ccc(C(F)(F)F)cc1. The van der Waals surface area contributed by atoms with Crippen molar-refractivity contribution in [1.82, 2.24) is 9.80 Å². The highest BCUT2D eigenvalue weighted by atomic mass is 32.2. The zero-order valence-electron chi connectivity index (χ0n) is 21.7. The second-order valence-corrected chi connectivity index (χ2v) is 10.7. The molecule has 2 amide bonds. The van der Waals surface area contributed by atoms with Gasteiger partial charge in [-0.25, -0.2) is 0 Å². The van der Waals surface area contributed by atoms with Crippen molar-refractivity contribution in [2.24, 2.45) is 0 Å². The van der Waals surface area contributed by atoms with E-state index >= 15 is 0 Å². The summed E-state index contributed by atoms with van der Waals surface area (Å²) in [7, 11) is 0. The number of nitrogens with zero attached hydrogens (tertiary/aromatic N) is 3. The first-order chi connectivity index (χ1) is 16.8. The molecule has 2 aromatic carbocycles. The van der Waals surface area contributed by atoms with Crippen LogP contribution in [-0.2, 0) is 15.8 Å². The Bertz CT molecular complexity index is 978. The minimum Gasteiger partial charge on any atom is -0.367 e. The fourth-order valence-corrected chi connectivity index (χ4v) is 4.70. The summed E-state index contributed by atoms with van der Waals surface area (Å²) in [6, 6.07) is 15.3. The van der Waals surface area contributed by atoms with Gasteiger partial charge in [0.05, 0.1) is 23.0 Å². The van der Waals surface area contributed by atoms with Gasteiger partial charge in [0.2, 0.25) is 12.3 Å². The van der Waals surface area contributed by atoms with Gasteiger partial charge in [-0.2, -0.15) is 13.2 Å². The highest BCUT2D eigenvalue weighted by Crippen LogP contribution is 2.35. The number of para-hydroxylation sites is 1. The number of amides is 2. The number of carbonyl (C=O) groups excluding carboxylic acids is 2. The van der Waals surface area contributed by atoms with Gasteiger partial charge in [0.1, 0.15) is 0 Å². The van der Waals surface area contributed by atoms with Crippen LogP contribution >= 0.6 is 11.8 Å². The van der Waals surface area contributed by atoms with Gasteiger partial charge in [0.25, 0.3) is 0 Å². The molecule has 0 spiro atoms. The summed E-state index contributed by atoms with van der Waals surface area (Å²) < 4.78 is 35.8. The van der Waals surface area contributed by atoms with Gasteiger partial charge in [-0.3, -0.25) is 9.59 Å². The molecule has 1 unspecified atom stereocenters. The molecule has 1 aliphatic rings. The monoisotopic (exact) mass is 523 g/mol. The van der Waals surface area contributed by atoms with Crippen LogP contribution in [0.2, 0.25) is 0 Å². The number of thioether (sulfide) groups is 1. The van der Waals surface area contributed by atoms with E-state index in [1.54, 1.807) is 23.6 Å². The largest absolute Gasteiger partial charge is 0.416 e. The molecule has 5 nitrogen and oxygen atoms in total. The number of alkyl halides is 3. The molecule has 2 aromatic rings. The highest BCUT2D eigenvalue weighted by Gasteiger charge is 2.47. The standard InChI is InChI=1S/C19H29N3O2S.C8H7F3/c1-15(2)20(14-23)11-18(24)22(16(3)25-5)19(4)12-21(13-19)17-9-7-6-8-10-17;1-6-2-4-7(5-3-6)8(9,10)11/h6-10,14-16H,11-13H2,1-5H3;2-5H,1H3. The Morgan fingerprint density at radius 3 is 2.08 bits per heavy atom. The molecular formula is C27H36F3N3O2S. The molecule has 1 fully saturated rings. The second-order valence-electron chi connectivity index (χ2n) is 9.52. The predicted molar refractivity (Wildman–Crippen MR) is 141 cm³/mol. The number of hydrogen-bond donors (Lipinski definition) is 0. The number of halogens is 3. The molecule has 3 rings (SSSR count). The summed E-state index contributed by atoms with van der Waals surface area (Å²) in [5, 5.41) is 0.0658. The van der Waals surface area contributed by atoms with Crippen LogP contribution in [0.1, 0.15) is 38.8 Å². The summed E-state index contributed by atoms with van der Waals surface area (Å²) in [5.74, 6) is 0.0119. The van der Waals surface area contributed by atoms with Crippen molar-refractivity contribution >= 4 is 29.8 Å². The lowest BCUT2D eigenvalue weighted by Gasteiger charge is -2.56. The Hall–Kier alpha value is -2.68. The maximum absolute atomic E-state index is 13.0. The average Bonchev–Trinajstić information content (AvgIpc) is 2.81. The molecule has 1 heterocycles. The molecule has 0 saturated carbocycles. The lowest BCUT2D eigenvalue weighted by molar-refractivity contribution is -0.143. The van der Waals surface area contributed by atoms with Crippen LogP contribution in [-0.4, -0.2) is 65.0 Å². The minimum absolute atomic E-state index is 0.0119. The molecule has 0 N–H and O–H groups in total. The van der Waals surface area contributed by atoms with Gasteiger partial charge in [-0.05, 0) is 65.1 Å². The second kappa shape index (κ2) is 12.5. The van der Waals surface area contributed by atoms with Crippen LogP contribution in [0.4, 0.5) is 18.9 Å². The topological polar surface area (TPSA) is 43.9 Å². The van der Waals surface area contributed by atoms with Crippen LogP contribution in [0.5, 0.6) is 0 Å². The van der Waals surface area contributed by atoms with Crippen LogP contribution in [0.3, 0.4) is 0 Å². The summed E-state index contributed by atoms with van der Waals surface area (Å²) >= 11 is 1.66. The van der Waals surface area contributed by atoms with E-state index in [0.717, 1.165) is 37.2 Å². The Balaban J connectivity index is 0.000000346. The lowest BCUT2D eigenvalue weighted by atomic mass is 9.89. The van der Waals surface area contributed by atoms with E-state index in [9.17, 15) is 22.8 Å². The first kappa shape index (κ1) is 29.5. The van der Waals surface area contributed by atoms with E-state index in [4.69, 9.17) is 0 Å². The van der Waals surface area contributed by atoms with Crippen molar-refractivity contribution in [3.63, 3.8) is 0 Å². The highest BCUT2D eigenvalue weighted by molar-refractivity contribution is 7.99. The van der Waals surface area contributed by atoms with Gasteiger partial charge in [0, 0.05) is 24.8 Å². The third kappa shape index (κ3) is 7.66. The van der Waals surface area contributed by atoms with Crippen molar-refractivity contribution in [2.75, 3.05) is 30.8 Å². The third-order valence-electron chi connectivity index (χ3n) is 6.23. The van der Waals surface area contributed by atoms with Gasteiger partial charge >= 0.3 is 6.18 Å². The number of aryl methyl sites for hydroxylation is 1. The number of anilines is 1. The summed E-state index contributed by atoms with van der Waals surface area (Å²) in [4.78, 5) is 30.1. The van der Waals surface area contributed by atoms with Crippen LogP contribution < -0.4 is 4.90 Å². The fourth-order valence-electron chi connectivity index (χ4n) is 4.11. The van der Waals surface area contributed by atoms with Crippen LogP contribution in [0.15, 0.2) is 54.6 Å². The van der Waals surface area contributed by atoms with Crippen molar-refractivity contribution in [2.45, 2.75) is 57.7 Å². The maximum Gasteiger partial charge on any atom is 0.416 e. The first-order valence-electron chi connectivity index (χ1n) is 11.8. The zero-order valence-corrected chi connectivity index (χ0v) is 22.6. The maximum atomic E-state index is 13.0. The molecular weight excluding hydrogens is 487 g/mol. The molecule has 1 atom stereocenters. The van der Waals surface area contributed by atoms with Gasteiger partial charge in [0.15, 0.2) is 0 Å². The predicted octanol–water partition coefficient (Wildman–Crippen LogP) is 5.68. The van der Waals surface area contributed by atoms with Crippen LogP contribution in [0, 0.1) is 6.92 Å². The normalized spacial score (nSPS) is 15.3. The van der Waals surface area contributed by atoms with Crippen molar-refractivity contribution in [1.29, 1.82) is 0 Å². The number of rotatable bonds is 8. The van der Waals surface area contributed by atoms with E-state index in [-0.39, 0.29) is 29.4 Å². The van der Waals surface area contributed by atoms with E-state index in [1.165, 1.54) is 17.8 Å². The van der Waals surface area contributed by atoms with Gasteiger partial charge < -0.3 is 14.7 Å². The van der Waals surface area contributed by atoms with E-state index < -0.39 is 11.7 Å². The molecule has 1 aliphatic heterocycles. The quantitative estimate of drug-likeness (QED) is 0.330. The molecule has 36 heavy (non-hydrogen) atoms. The Labute approximate surface area is 216 Å². The van der Waals surface area contributed by atoms with Crippen molar-refractivity contribution in [3.8, 4) is 0 Å².